The van der Waals surface area contributed by atoms with Crippen LogP contribution in [0.25, 0.3) is 0 Å². The Hall–Kier alpha value is -1.52. The van der Waals surface area contributed by atoms with Crippen molar-refractivity contribution >= 4 is 39.1 Å². The summed E-state index contributed by atoms with van der Waals surface area (Å²) in [6, 6.07) is 12.7. The van der Waals surface area contributed by atoms with Crippen molar-refractivity contribution in [2.24, 2.45) is 0 Å². The Morgan fingerprint density at radius 2 is 1.90 bits per heavy atom. The van der Waals surface area contributed by atoms with Gasteiger partial charge in [-0.25, -0.2) is 0 Å². The molecule has 5 heteroatoms. The second-order valence-corrected chi connectivity index (χ2v) is 5.98. The van der Waals surface area contributed by atoms with E-state index in [2.05, 4.69) is 15.9 Å². The van der Waals surface area contributed by atoms with Gasteiger partial charge in [0, 0.05) is 28.3 Å². The number of rotatable bonds is 4. The topological polar surface area (TPSA) is 46.3 Å². The second-order valence-electron chi connectivity index (χ2n) is 4.69. The minimum atomic E-state index is -0.0521. The van der Waals surface area contributed by atoms with E-state index in [9.17, 15) is 4.79 Å². The molecular formula is C16H16BrClN2O. The van der Waals surface area contributed by atoms with Gasteiger partial charge in [0.05, 0.1) is 5.56 Å². The van der Waals surface area contributed by atoms with Crippen LogP contribution in [0, 0.1) is 0 Å². The molecule has 0 bridgehead atoms. The van der Waals surface area contributed by atoms with Gasteiger partial charge in [0.15, 0.2) is 0 Å². The van der Waals surface area contributed by atoms with Crippen molar-refractivity contribution in [2.75, 3.05) is 12.3 Å². The maximum Gasteiger partial charge on any atom is 0.255 e. The van der Waals surface area contributed by atoms with Crippen molar-refractivity contribution in [3.63, 3.8) is 0 Å². The third kappa shape index (κ3) is 3.99. The number of amides is 1. The highest BCUT2D eigenvalue weighted by Gasteiger charge is 2.17. The SMILES string of the molecule is CCN(Cc1ccc(N)cc1)C(=O)c1cc(Cl)ccc1Br. The molecule has 3 nitrogen and oxygen atoms in total. The summed E-state index contributed by atoms with van der Waals surface area (Å²) in [4.78, 5) is 14.4. The van der Waals surface area contributed by atoms with Gasteiger partial charge in [-0.3, -0.25) is 4.79 Å². The number of nitrogens with zero attached hydrogens (tertiary/aromatic N) is 1. The molecule has 0 aromatic heterocycles. The molecule has 0 radical (unpaired) electrons. The predicted octanol–water partition coefficient (Wildman–Crippen LogP) is 4.35. The van der Waals surface area contributed by atoms with E-state index in [-0.39, 0.29) is 5.91 Å². The molecule has 0 unspecified atom stereocenters. The lowest BCUT2D eigenvalue weighted by atomic mass is 10.1. The van der Waals surface area contributed by atoms with E-state index >= 15 is 0 Å². The smallest absolute Gasteiger partial charge is 0.255 e. The van der Waals surface area contributed by atoms with Gasteiger partial charge in [-0.1, -0.05) is 23.7 Å². The molecule has 0 aliphatic carbocycles. The molecule has 1 amide bonds. The number of halogens is 2. The molecule has 0 saturated heterocycles. The average molecular weight is 368 g/mol. The van der Waals surface area contributed by atoms with E-state index in [1.54, 1.807) is 23.1 Å². The van der Waals surface area contributed by atoms with Gasteiger partial charge in [-0.15, -0.1) is 0 Å². The van der Waals surface area contributed by atoms with Crippen molar-refractivity contribution in [2.45, 2.75) is 13.5 Å². The Morgan fingerprint density at radius 3 is 2.52 bits per heavy atom. The number of nitrogens with two attached hydrogens (primary N) is 1. The van der Waals surface area contributed by atoms with Gasteiger partial charge in [0.2, 0.25) is 0 Å². The number of anilines is 1. The molecule has 2 N–H and O–H groups in total. The Bertz CT molecular complexity index is 643. The third-order valence-electron chi connectivity index (χ3n) is 3.18. The van der Waals surface area contributed by atoms with Crippen molar-refractivity contribution in [1.82, 2.24) is 4.90 Å². The molecule has 0 aliphatic heterocycles. The van der Waals surface area contributed by atoms with E-state index in [0.29, 0.717) is 29.4 Å². The normalized spacial score (nSPS) is 10.4. The first-order valence-electron chi connectivity index (χ1n) is 6.60. The molecule has 2 aromatic rings. The molecule has 2 aromatic carbocycles. The van der Waals surface area contributed by atoms with Gasteiger partial charge >= 0.3 is 0 Å². The van der Waals surface area contributed by atoms with E-state index in [1.165, 1.54) is 0 Å². The molecule has 0 saturated carbocycles. The summed E-state index contributed by atoms with van der Waals surface area (Å²) in [6.07, 6.45) is 0. The number of carbonyl (C=O) groups excluding carboxylic acids is 1. The fourth-order valence-electron chi connectivity index (χ4n) is 2.00. The highest BCUT2D eigenvalue weighted by molar-refractivity contribution is 9.10. The number of carbonyl (C=O) groups is 1. The lowest BCUT2D eigenvalue weighted by Crippen LogP contribution is -2.30. The van der Waals surface area contributed by atoms with Crippen molar-refractivity contribution in [1.29, 1.82) is 0 Å². The first-order chi connectivity index (χ1) is 10.0. The number of nitrogen functional groups attached to an aromatic ring is 1. The summed E-state index contributed by atoms with van der Waals surface area (Å²) in [5.41, 5.74) is 8.00. The molecule has 0 heterocycles. The lowest BCUT2D eigenvalue weighted by Gasteiger charge is -2.22. The number of hydrogen-bond acceptors (Lipinski definition) is 2. The molecule has 110 valence electrons. The van der Waals surface area contributed by atoms with Crippen LogP contribution in [0.2, 0.25) is 5.02 Å². The van der Waals surface area contributed by atoms with Crippen LogP contribution >= 0.6 is 27.5 Å². The minimum Gasteiger partial charge on any atom is -0.399 e. The van der Waals surface area contributed by atoms with Crippen LogP contribution in [-0.4, -0.2) is 17.4 Å². The van der Waals surface area contributed by atoms with Crippen molar-refractivity contribution in [3.05, 3.63) is 63.1 Å². The number of benzene rings is 2. The van der Waals surface area contributed by atoms with Crippen LogP contribution < -0.4 is 5.73 Å². The maximum absolute atomic E-state index is 12.6. The van der Waals surface area contributed by atoms with Gasteiger partial charge < -0.3 is 10.6 Å². The van der Waals surface area contributed by atoms with Crippen LogP contribution in [0.5, 0.6) is 0 Å². The maximum atomic E-state index is 12.6. The van der Waals surface area contributed by atoms with Gasteiger partial charge in [0.1, 0.15) is 0 Å². The van der Waals surface area contributed by atoms with Crippen LogP contribution in [0.3, 0.4) is 0 Å². The van der Waals surface area contributed by atoms with Crippen molar-refractivity contribution in [3.8, 4) is 0 Å². The highest BCUT2D eigenvalue weighted by atomic mass is 79.9. The van der Waals surface area contributed by atoms with Gasteiger partial charge in [-0.2, -0.15) is 0 Å². The Kier molecular flexibility index (Phi) is 5.26. The van der Waals surface area contributed by atoms with Gasteiger partial charge in [-0.05, 0) is 58.7 Å². The first-order valence-corrected chi connectivity index (χ1v) is 7.77. The fourth-order valence-corrected chi connectivity index (χ4v) is 2.59. The zero-order valence-corrected chi connectivity index (χ0v) is 14.0. The largest absolute Gasteiger partial charge is 0.399 e. The predicted molar refractivity (Wildman–Crippen MR) is 90.4 cm³/mol. The van der Waals surface area contributed by atoms with Crippen LogP contribution in [0.15, 0.2) is 46.9 Å². The van der Waals surface area contributed by atoms with E-state index < -0.39 is 0 Å². The van der Waals surface area contributed by atoms with E-state index in [4.69, 9.17) is 17.3 Å². The third-order valence-corrected chi connectivity index (χ3v) is 4.11. The zero-order valence-electron chi connectivity index (χ0n) is 11.6. The summed E-state index contributed by atoms with van der Waals surface area (Å²) < 4.78 is 0.743. The average Bonchev–Trinajstić information content (AvgIpc) is 2.48. The Labute approximate surface area is 137 Å². The standard InChI is InChI=1S/C16H16BrClN2O/c1-2-20(10-11-3-6-13(19)7-4-11)16(21)14-9-12(18)5-8-15(14)17/h3-9H,2,10,19H2,1H3. The Morgan fingerprint density at radius 1 is 1.24 bits per heavy atom. The molecule has 21 heavy (non-hydrogen) atoms. The zero-order chi connectivity index (χ0) is 15.4. The van der Waals surface area contributed by atoms with Crippen molar-refractivity contribution < 1.29 is 4.79 Å². The monoisotopic (exact) mass is 366 g/mol. The summed E-state index contributed by atoms with van der Waals surface area (Å²) in [6.45, 7) is 3.10. The van der Waals surface area contributed by atoms with Gasteiger partial charge in [0.25, 0.3) is 5.91 Å². The minimum absolute atomic E-state index is 0.0521. The summed E-state index contributed by atoms with van der Waals surface area (Å²) >= 11 is 9.38. The summed E-state index contributed by atoms with van der Waals surface area (Å²) in [5.74, 6) is -0.0521. The lowest BCUT2D eigenvalue weighted by molar-refractivity contribution is 0.0751. The molecule has 0 fully saturated rings. The Balaban J connectivity index is 2.22. The van der Waals surface area contributed by atoms with Crippen LogP contribution in [0.1, 0.15) is 22.8 Å². The molecule has 0 spiro atoms. The molecule has 2 rings (SSSR count). The highest BCUT2D eigenvalue weighted by Crippen LogP contribution is 2.23. The summed E-state index contributed by atoms with van der Waals surface area (Å²) in [5, 5.41) is 0.546. The van der Waals surface area contributed by atoms with Crippen LogP contribution in [-0.2, 0) is 6.54 Å². The molecule has 0 aliphatic rings. The first kappa shape index (κ1) is 15.9. The van der Waals surface area contributed by atoms with E-state index in [0.717, 1.165) is 10.0 Å². The number of hydrogen-bond donors (Lipinski definition) is 1. The van der Waals surface area contributed by atoms with E-state index in [1.807, 2.05) is 31.2 Å². The molecule has 0 atom stereocenters. The summed E-state index contributed by atoms with van der Waals surface area (Å²) in [7, 11) is 0. The quantitative estimate of drug-likeness (QED) is 0.817. The fraction of sp³-hybridized carbons (Fsp3) is 0.188. The molecular weight excluding hydrogens is 352 g/mol. The second kappa shape index (κ2) is 6.96. The van der Waals surface area contributed by atoms with Crippen LogP contribution in [0.4, 0.5) is 5.69 Å².